The molecule has 0 spiro atoms. The van der Waals surface area contributed by atoms with Crippen molar-refractivity contribution in [2.75, 3.05) is 6.61 Å². The van der Waals surface area contributed by atoms with Crippen molar-refractivity contribution in [3.05, 3.63) is 29.3 Å². The molecule has 3 nitrogen and oxygen atoms in total. The Labute approximate surface area is 95.9 Å². The first-order valence-electron chi connectivity index (χ1n) is 5.91. The number of aliphatic hydroxyl groups is 1. The minimum Gasteiger partial charge on any atom is -0.508 e. The molecule has 0 amide bonds. The number of hydrogen-bond donors (Lipinski definition) is 3. The Bertz CT molecular complexity index is 359. The molecule has 1 saturated carbocycles. The summed E-state index contributed by atoms with van der Waals surface area (Å²) in [6, 6.07) is 5.13. The standard InChI is InChI=1S/C13H19NO2/c14-12(8-15)11-7-10(5-6-13(11)16)9-3-1-2-4-9/h5-7,9,12,15-16H,1-4,8,14H2/t12-/m1/s1. The van der Waals surface area contributed by atoms with Gasteiger partial charge in [0.05, 0.1) is 12.6 Å². The molecule has 0 bridgehead atoms. The predicted octanol–water partition coefficient (Wildman–Crippen LogP) is 2.04. The molecule has 1 atom stereocenters. The summed E-state index contributed by atoms with van der Waals surface area (Å²) < 4.78 is 0. The summed E-state index contributed by atoms with van der Waals surface area (Å²) >= 11 is 0. The lowest BCUT2D eigenvalue weighted by Crippen LogP contribution is -2.15. The molecule has 1 fully saturated rings. The summed E-state index contributed by atoms with van der Waals surface area (Å²) in [5.41, 5.74) is 7.66. The first-order valence-corrected chi connectivity index (χ1v) is 5.91. The first kappa shape index (κ1) is 11.4. The summed E-state index contributed by atoms with van der Waals surface area (Å²) in [7, 11) is 0. The van der Waals surface area contributed by atoms with E-state index in [1.165, 1.54) is 31.2 Å². The maximum Gasteiger partial charge on any atom is 0.120 e. The van der Waals surface area contributed by atoms with Gasteiger partial charge in [0.15, 0.2) is 0 Å². The molecule has 2 rings (SSSR count). The highest BCUT2D eigenvalue weighted by molar-refractivity contribution is 5.39. The fourth-order valence-corrected chi connectivity index (χ4v) is 2.48. The van der Waals surface area contributed by atoms with Gasteiger partial charge in [0.1, 0.15) is 5.75 Å². The van der Waals surface area contributed by atoms with Crippen LogP contribution in [-0.2, 0) is 0 Å². The molecule has 1 aliphatic carbocycles. The van der Waals surface area contributed by atoms with Gasteiger partial charge in [0.25, 0.3) is 0 Å². The lowest BCUT2D eigenvalue weighted by Gasteiger charge is -2.15. The topological polar surface area (TPSA) is 66.5 Å². The van der Waals surface area contributed by atoms with Crippen LogP contribution in [0.1, 0.15) is 48.8 Å². The van der Waals surface area contributed by atoms with E-state index < -0.39 is 6.04 Å². The van der Waals surface area contributed by atoms with Crippen molar-refractivity contribution in [2.45, 2.75) is 37.6 Å². The molecule has 0 heterocycles. The molecular formula is C13H19NO2. The normalized spacial score (nSPS) is 18.9. The maximum absolute atomic E-state index is 9.69. The van der Waals surface area contributed by atoms with Crippen molar-refractivity contribution in [1.82, 2.24) is 0 Å². The highest BCUT2D eigenvalue weighted by Crippen LogP contribution is 2.36. The second kappa shape index (κ2) is 4.85. The maximum atomic E-state index is 9.69. The summed E-state index contributed by atoms with van der Waals surface area (Å²) in [6.07, 6.45) is 5.01. The van der Waals surface area contributed by atoms with E-state index in [2.05, 4.69) is 0 Å². The number of nitrogens with two attached hydrogens (primary N) is 1. The molecule has 0 radical (unpaired) electrons. The largest absolute Gasteiger partial charge is 0.508 e. The Kier molecular flexibility index (Phi) is 3.46. The summed E-state index contributed by atoms with van der Waals surface area (Å²) in [4.78, 5) is 0. The quantitative estimate of drug-likeness (QED) is 0.731. The Morgan fingerprint density at radius 1 is 1.31 bits per heavy atom. The zero-order chi connectivity index (χ0) is 11.5. The monoisotopic (exact) mass is 221 g/mol. The molecule has 16 heavy (non-hydrogen) atoms. The zero-order valence-corrected chi connectivity index (χ0v) is 9.39. The molecule has 88 valence electrons. The minimum absolute atomic E-state index is 0.137. The number of hydrogen-bond acceptors (Lipinski definition) is 3. The van der Waals surface area contributed by atoms with Crippen LogP contribution in [0.25, 0.3) is 0 Å². The lowest BCUT2D eigenvalue weighted by molar-refractivity contribution is 0.265. The van der Waals surface area contributed by atoms with Gasteiger partial charge < -0.3 is 15.9 Å². The number of phenolic OH excluding ortho intramolecular Hbond substituents is 1. The Morgan fingerprint density at radius 3 is 2.62 bits per heavy atom. The average Bonchev–Trinajstić information content (AvgIpc) is 2.82. The minimum atomic E-state index is -0.485. The van der Waals surface area contributed by atoms with Crippen LogP contribution in [0.2, 0.25) is 0 Å². The van der Waals surface area contributed by atoms with Gasteiger partial charge in [-0.05, 0) is 30.4 Å². The van der Waals surface area contributed by atoms with E-state index in [-0.39, 0.29) is 12.4 Å². The molecule has 1 aromatic carbocycles. The highest BCUT2D eigenvalue weighted by atomic mass is 16.3. The van der Waals surface area contributed by atoms with Gasteiger partial charge in [-0.15, -0.1) is 0 Å². The van der Waals surface area contributed by atoms with Crippen LogP contribution in [0.4, 0.5) is 0 Å². The summed E-state index contributed by atoms with van der Waals surface area (Å²) in [5.74, 6) is 0.786. The number of rotatable bonds is 3. The van der Waals surface area contributed by atoms with Crippen LogP contribution in [-0.4, -0.2) is 16.8 Å². The Hall–Kier alpha value is -1.06. The van der Waals surface area contributed by atoms with E-state index in [1.807, 2.05) is 12.1 Å². The lowest BCUT2D eigenvalue weighted by atomic mass is 9.94. The zero-order valence-electron chi connectivity index (χ0n) is 9.39. The third kappa shape index (κ3) is 2.20. The number of phenols is 1. The van der Waals surface area contributed by atoms with Crippen LogP contribution < -0.4 is 5.73 Å². The molecule has 0 saturated heterocycles. The fourth-order valence-electron chi connectivity index (χ4n) is 2.48. The van der Waals surface area contributed by atoms with Crippen LogP contribution in [0.15, 0.2) is 18.2 Å². The third-order valence-electron chi connectivity index (χ3n) is 3.47. The fraction of sp³-hybridized carbons (Fsp3) is 0.538. The third-order valence-corrected chi connectivity index (χ3v) is 3.47. The van der Waals surface area contributed by atoms with Crippen LogP contribution in [0, 0.1) is 0 Å². The molecular weight excluding hydrogens is 202 g/mol. The van der Waals surface area contributed by atoms with E-state index in [0.717, 1.165) is 0 Å². The molecule has 3 heteroatoms. The molecule has 1 aliphatic rings. The van der Waals surface area contributed by atoms with Crippen molar-refractivity contribution in [2.24, 2.45) is 5.73 Å². The molecule has 4 N–H and O–H groups in total. The van der Waals surface area contributed by atoms with Crippen molar-refractivity contribution in [3.8, 4) is 5.75 Å². The van der Waals surface area contributed by atoms with Crippen molar-refractivity contribution < 1.29 is 10.2 Å². The van der Waals surface area contributed by atoms with Gasteiger partial charge >= 0.3 is 0 Å². The summed E-state index contributed by atoms with van der Waals surface area (Å²) in [6.45, 7) is -0.137. The Balaban J connectivity index is 2.27. The molecule has 0 aromatic heterocycles. The van der Waals surface area contributed by atoms with Gasteiger partial charge in [0.2, 0.25) is 0 Å². The van der Waals surface area contributed by atoms with Gasteiger partial charge in [-0.1, -0.05) is 25.0 Å². The van der Waals surface area contributed by atoms with Crippen LogP contribution >= 0.6 is 0 Å². The molecule has 1 aromatic rings. The van der Waals surface area contributed by atoms with E-state index in [1.54, 1.807) is 6.07 Å². The van der Waals surface area contributed by atoms with Crippen molar-refractivity contribution >= 4 is 0 Å². The van der Waals surface area contributed by atoms with E-state index >= 15 is 0 Å². The second-order valence-corrected chi connectivity index (χ2v) is 4.59. The van der Waals surface area contributed by atoms with E-state index in [0.29, 0.717) is 11.5 Å². The first-order chi connectivity index (χ1) is 7.72. The SMILES string of the molecule is N[C@H](CO)c1cc(C2CCCC2)ccc1O. The second-order valence-electron chi connectivity index (χ2n) is 4.59. The average molecular weight is 221 g/mol. The predicted molar refractivity (Wildman–Crippen MR) is 63.3 cm³/mol. The van der Waals surface area contributed by atoms with Gasteiger partial charge in [0, 0.05) is 5.56 Å². The smallest absolute Gasteiger partial charge is 0.120 e. The highest BCUT2D eigenvalue weighted by Gasteiger charge is 2.19. The van der Waals surface area contributed by atoms with E-state index in [4.69, 9.17) is 10.8 Å². The van der Waals surface area contributed by atoms with Crippen LogP contribution in [0.3, 0.4) is 0 Å². The van der Waals surface area contributed by atoms with Crippen LogP contribution in [0.5, 0.6) is 5.75 Å². The number of benzene rings is 1. The van der Waals surface area contributed by atoms with Gasteiger partial charge in [-0.3, -0.25) is 0 Å². The Morgan fingerprint density at radius 2 is 2.00 bits per heavy atom. The van der Waals surface area contributed by atoms with Crippen molar-refractivity contribution in [3.63, 3.8) is 0 Å². The number of aromatic hydroxyl groups is 1. The molecule has 0 unspecified atom stereocenters. The van der Waals surface area contributed by atoms with E-state index in [9.17, 15) is 5.11 Å². The summed E-state index contributed by atoms with van der Waals surface area (Å²) in [5, 5.41) is 18.7. The van der Waals surface area contributed by atoms with Gasteiger partial charge in [-0.25, -0.2) is 0 Å². The van der Waals surface area contributed by atoms with Gasteiger partial charge in [-0.2, -0.15) is 0 Å². The number of aliphatic hydroxyl groups excluding tert-OH is 1. The van der Waals surface area contributed by atoms with Crippen molar-refractivity contribution in [1.29, 1.82) is 0 Å². The molecule has 0 aliphatic heterocycles.